The molecule has 1 heterocycles. The molecule has 2 rings (SSSR count). The van der Waals surface area contributed by atoms with Crippen LogP contribution in [-0.4, -0.2) is 11.0 Å². The predicted octanol–water partition coefficient (Wildman–Crippen LogP) is 0.774. The summed E-state index contributed by atoms with van der Waals surface area (Å²) in [4.78, 5) is 14.2. The number of benzene rings is 1. The summed E-state index contributed by atoms with van der Waals surface area (Å²) < 4.78 is 5.02. The third-order valence-electron chi connectivity index (χ3n) is 1.77. The second-order valence-electron chi connectivity index (χ2n) is 2.82. The third-order valence-corrected chi connectivity index (χ3v) is 1.94. The smallest absolute Gasteiger partial charge is 0.293 e. The van der Waals surface area contributed by atoms with Gasteiger partial charge in [0, 0.05) is 12.4 Å². The van der Waals surface area contributed by atoms with E-state index in [1.807, 2.05) is 0 Å². The molecule has 0 N–H and O–H groups in total. The molecule has 72 valence electrons. The summed E-state index contributed by atoms with van der Waals surface area (Å²) in [5, 5.41) is 10.4. The normalized spacial score (nSPS) is 10.6. The number of nitrogens with zero attached hydrogens (tertiary/aromatic N) is 1. The Hall–Kier alpha value is -1.55. The monoisotopic (exact) mass is 210 g/mol. The third kappa shape index (κ3) is 1.70. The van der Waals surface area contributed by atoms with Gasteiger partial charge in [0.1, 0.15) is 5.52 Å². The maximum atomic E-state index is 10.3. The van der Waals surface area contributed by atoms with E-state index >= 15 is 0 Å². The molecule has 2 aromatic rings. The number of carbonyl (C=O) groups excluding carboxylic acids is 1. The minimum atomic E-state index is -1.13. The molecule has 0 saturated carbocycles. The summed E-state index contributed by atoms with van der Waals surface area (Å²) >= 11 is 5.53. The van der Waals surface area contributed by atoms with Crippen LogP contribution in [0.2, 0.25) is 5.35 Å². The number of rotatable bonds is 2. The van der Waals surface area contributed by atoms with Crippen molar-refractivity contribution in [1.29, 1.82) is 0 Å². The minimum Gasteiger partial charge on any atom is -0.550 e. The van der Waals surface area contributed by atoms with Crippen LogP contribution in [0, 0.1) is 0 Å². The molecule has 1 aromatic carbocycles. The van der Waals surface area contributed by atoms with Gasteiger partial charge < -0.3 is 14.3 Å². The highest BCUT2D eigenvalue weighted by molar-refractivity contribution is 6.28. The summed E-state index contributed by atoms with van der Waals surface area (Å²) in [7, 11) is 0. The van der Waals surface area contributed by atoms with Crippen LogP contribution >= 0.6 is 11.6 Å². The van der Waals surface area contributed by atoms with E-state index in [4.69, 9.17) is 16.0 Å². The SMILES string of the molecule is O=C([O-])Cc1ccc2oc(Cl)nc2c1. The first-order valence-electron chi connectivity index (χ1n) is 3.90. The molecule has 5 heteroatoms. The molecule has 0 amide bonds. The van der Waals surface area contributed by atoms with Gasteiger partial charge in [-0.15, -0.1) is 0 Å². The van der Waals surface area contributed by atoms with Gasteiger partial charge in [-0.3, -0.25) is 0 Å². The number of carbonyl (C=O) groups is 1. The van der Waals surface area contributed by atoms with Gasteiger partial charge in [-0.05, 0) is 29.3 Å². The first kappa shape index (κ1) is 9.02. The van der Waals surface area contributed by atoms with Crippen LogP contribution in [0.15, 0.2) is 22.6 Å². The molecular weight excluding hydrogens is 206 g/mol. The van der Waals surface area contributed by atoms with E-state index in [1.165, 1.54) is 0 Å². The molecular formula is C9H5ClNO3-. The van der Waals surface area contributed by atoms with Crippen LogP contribution in [0.5, 0.6) is 0 Å². The number of carboxylic acids is 1. The van der Waals surface area contributed by atoms with Crippen molar-refractivity contribution in [2.45, 2.75) is 6.42 Å². The van der Waals surface area contributed by atoms with Gasteiger partial charge in [0.25, 0.3) is 5.35 Å². The summed E-state index contributed by atoms with van der Waals surface area (Å²) in [6, 6.07) is 4.88. The van der Waals surface area contributed by atoms with Crippen LogP contribution < -0.4 is 5.11 Å². The maximum Gasteiger partial charge on any atom is 0.293 e. The number of fused-ring (bicyclic) bond motifs is 1. The van der Waals surface area contributed by atoms with Gasteiger partial charge in [0.2, 0.25) is 0 Å². The Balaban J connectivity index is 2.45. The van der Waals surface area contributed by atoms with Gasteiger partial charge in [0.05, 0.1) is 0 Å². The fourth-order valence-electron chi connectivity index (χ4n) is 1.22. The Morgan fingerprint density at radius 2 is 2.36 bits per heavy atom. The van der Waals surface area contributed by atoms with Crippen molar-refractivity contribution < 1.29 is 14.3 Å². The Morgan fingerprint density at radius 1 is 1.57 bits per heavy atom. The number of oxazole rings is 1. The van der Waals surface area contributed by atoms with Gasteiger partial charge in [-0.2, -0.15) is 4.98 Å². The lowest BCUT2D eigenvalue weighted by Gasteiger charge is -2.00. The average Bonchev–Trinajstić information content (AvgIpc) is 2.42. The molecule has 0 bridgehead atoms. The molecule has 0 fully saturated rings. The van der Waals surface area contributed by atoms with Crippen LogP contribution in [0.3, 0.4) is 0 Å². The fraction of sp³-hybridized carbons (Fsp3) is 0.111. The van der Waals surface area contributed by atoms with Crippen molar-refractivity contribution >= 4 is 28.7 Å². The average molecular weight is 211 g/mol. The Morgan fingerprint density at radius 3 is 3.07 bits per heavy atom. The molecule has 4 nitrogen and oxygen atoms in total. The number of aromatic nitrogens is 1. The lowest BCUT2D eigenvalue weighted by molar-refractivity contribution is -0.304. The van der Waals surface area contributed by atoms with Crippen molar-refractivity contribution in [3.8, 4) is 0 Å². The molecule has 0 atom stereocenters. The van der Waals surface area contributed by atoms with Gasteiger partial charge in [-0.25, -0.2) is 0 Å². The van der Waals surface area contributed by atoms with Gasteiger partial charge in [-0.1, -0.05) is 6.07 Å². The van der Waals surface area contributed by atoms with E-state index in [9.17, 15) is 9.90 Å². The molecule has 0 aliphatic heterocycles. The Labute approximate surface area is 84.1 Å². The zero-order valence-corrected chi connectivity index (χ0v) is 7.75. The second-order valence-corrected chi connectivity index (χ2v) is 3.14. The second kappa shape index (κ2) is 3.31. The van der Waals surface area contributed by atoms with Gasteiger partial charge in [0.15, 0.2) is 5.58 Å². The van der Waals surface area contributed by atoms with E-state index in [0.29, 0.717) is 16.7 Å². The van der Waals surface area contributed by atoms with Crippen LogP contribution in [0.4, 0.5) is 0 Å². The number of hydrogen-bond donors (Lipinski definition) is 0. The molecule has 0 radical (unpaired) electrons. The van der Waals surface area contributed by atoms with E-state index in [0.717, 1.165) is 0 Å². The van der Waals surface area contributed by atoms with Crippen molar-refractivity contribution in [3.05, 3.63) is 29.1 Å². The molecule has 0 aliphatic carbocycles. The molecule has 0 saturated heterocycles. The number of halogens is 1. The van der Waals surface area contributed by atoms with Crippen molar-refractivity contribution in [3.63, 3.8) is 0 Å². The molecule has 14 heavy (non-hydrogen) atoms. The highest BCUT2D eigenvalue weighted by Gasteiger charge is 2.03. The van der Waals surface area contributed by atoms with E-state index < -0.39 is 5.97 Å². The van der Waals surface area contributed by atoms with E-state index in [-0.39, 0.29) is 11.8 Å². The Kier molecular flexibility index (Phi) is 2.13. The lowest BCUT2D eigenvalue weighted by Crippen LogP contribution is -2.24. The minimum absolute atomic E-state index is 0.0469. The standard InChI is InChI=1S/C9H6ClNO3/c10-9-11-6-3-5(4-8(12)13)1-2-7(6)14-9/h1-3H,4H2,(H,12,13)/p-1. The number of aliphatic carboxylic acids is 1. The highest BCUT2D eigenvalue weighted by atomic mass is 35.5. The van der Waals surface area contributed by atoms with Crippen LogP contribution in [-0.2, 0) is 11.2 Å². The highest BCUT2D eigenvalue weighted by Crippen LogP contribution is 2.19. The quantitative estimate of drug-likeness (QED) is 0.735. The molecule has 0 spiro atoms. The summed E-state index contributed by atoms with van der Waals surface area (Å²) in [6.45, 7) is 0. The molecule has 0 unspecified atom stereocenters. The fourth-order valence-corrected chi connectivity index (χ4v) is 1.40. The first-order valence-corrected chi connectivity index (χ1v) is 4.28. The topological polar surface area (TPSA) is 66.2 Å². The maximum absolute atomic E-state index is 10.3. The van der Waals surface area contributed by atoms with Crippen molar-refractivity contribution in [2.75, 3.05) is 0 Å². The van der Waals surface area contributed by atoms with Crippen LogP contribution in [0.1, 0.15) is 5.56 Å². The van der Waals surface area contributed by atoms with Crippen molar-refractivity contribution in [2.24, 2.45) is 0 Å². The van der Waals surface area contributed by atoms with Crippen LogP contribution in [0.25, 0.3) is 11.1 Å². The van der Waals surface area contributed by atoms with Crippen molar-refractivity contribution in [1.82, 2.24) is 4.98 Å². The largest absolute Gasteiger partial charge is 0.550 e. The number of hydrogen-bond acceptors (Lipinski definition) is 4. The van der Waals surface area contributed by atoms with Gasteiger partial charge >= 0.3 is 0 Å². The Bertz CT molecular complexity index is 492. The molecule has 0 aliphatic rings. The lowest BCUT2D eigenvalue weighted by atomic mass is 10.1. The first-order chi connectivity index (χ1) is 6.65. The summed E-state index contributed by atoms with van der Waals surface area (Å²) in [6.07, 6.45) is -0.138. The predicted molar refractivity (Wildman–Crippen MR) is 47.7 cm³/mol. The zero-order valence-electron chi connectivity index (χ0n) is 6.99. The summed E-state index contributed by atoms with van der Waals surface area (Å²) in [5.74, 6) is -1.13. The molecule has 1 aromatic heterocycles. The summed E-state index contributed by atoms with van der Waals surface area (Å²) in [5.41, 5.74) is 1.70. The number of carboxylic acid groups (broad SMARTS) is 1. The van der Waals surface area contributed by atoms with E-state index in [2.05, 4.69) is 4.98 Å². The zero-order chi connectivity index (χ0) is 10.1. The van der Waals surface area contributed by atoms with E-state index in [1.54, 1.807) is 18.2 Å².